The average molecular weight is 409 g/mol. The molecule has 1 unspecified atom stereocenters. The van der Waals surface area contributed by atoms with Crippen LogP contribution in [0.3, 0.4) is 0 Å². The number of carbonyl (C=O) groups excluding carboxylic acids is 2. The molecular formula is C22H24N4O2S. The van der Waals surface area contributed by atoms with Crippen molar-refractivity contribution >= 4 is 29.0 Å². The second-order valence-corrected chi connectivity index (χ2v) is 7.74. The molecule has 3 aromatic rings. The second-order valence-electron chi connectivity index (χ2n) is 6.96. The van der Waals surface area contributed by atoms with E-state index < -0.39 is 5.91 Å². The van der Waals surface area contributed by atoms with Crippen LogP contribution >= 0.6 is 11.5 Å². The lowest BCUT2D eigenvalue weighted by atomic mass is 10.0. The number of rotatable bonds is 7. The zero-order chi connectivity index (χ0) is 20.8. The number of aromatic nitrogens is 1. The Morgan fingerprint density at radius 3 is 2.41 bits per heavy atom. The summed E-state index contributed by atoms with van der Waals surface area (Å²) in [4.78, 5) is 25.2. The van der Waals surface area contributed by atoms with E-state index in [1.165, 1.54) is 0 Å². The molecule has 29 heavy (non-hydrogen) atoms. The van der Waals surface area contributed by atoms with Gasteiger partial charge in [-0.2, -0.15) is 4.37 Å². The molecule has 0 bridgehead atoms. The number of hydrogen-bond acceptors (Lipinski definition) is 5. The van der Waals surface area contributed by atoms with E-state index in [4.69, 9.17) is 5.73 Å². The van der Waals surface area contributed by atoms with E-state index in [0.29, 0.717) is 13.1 Å². The van der Waals surface area contributed by atoms with Crippen molar-refractivity contribution in [2.75, 3.05) is 12.3 Å². The van der Waals surface area contributed by atoms with Gasteiger partial charge in [-0.1, -0.05) is 67.1 Å². The Morgan fingerprint density at radius 1 is 1.03 bits per heavy atom. The number of benzene rings is 2. The van der Waals surface area contributed by atoms with Crippen LogP contribution in [0, 0.1) is 6.92 Å². The van der Waals surface area contributed by atoms with Gasteiger partial charge in [0.25, 0.3) is 11.8 Å². The summed E-state index contributed by atoms with van der Waals surface area (Å²) in [6.45, 7) is 4.88. The van der Waals surface area contributed by atoms with Crippen molar-refractivity contribution in [2.45, 2.75) is 26.3 Å². The molecule has 7 heteroatoms. The number of amides is 2. The highest BCUT2D eigenvalue weighted by Crippen LogP contribution is 2.22. The summed E-state index contributed by atoms with van der Waals surface area (Å²) in [5.41, 5.74) is 9.51. The molecule has 0 fully saturated rings. The molecule has 2 aromatic carbocycles. The molecule has 0 aliphatic heterocycles. The van der Waals surface area contributed by atoms with Crippen molar-refractivity contribution in [3.05, 3.63) is 81.9 Å². The highest BCUT2D eigenvalue weighted by atomic mass is 32.1. The van der Waals surface area contributed by atoms with Crippen molar-refractivity contribution in [1.29, 1.82) is 0 Å². The first-order chi connectivity index (χ1) is 14.0. The number of nitrogens with two attached hydrogens (primary N) is 1. The minimum Gasteiger partial charge on any atom is -0.395 e. The Labute approximate surface area is 174 Å². The molecule has 0 saturated heterocycles. The molecule has 0 aliphatic carbocycles. The first-order valence-corrected chi connectivity index (χ1v) is 10.1. The zero-order valence-electron chi connectivity index (χ0n) is 16.4. The van der Waals surface area contributed by atoms with E-state index in [-0.39, 0.29) is 28.1 Å². The van der Waals surface area contributed by atoms with Gasteiger partial charge < -0.3 is 16.4 Å². The van der Waals surface area contributed by atoms with Gasteiger partial charge in [-0.25, -0.2) is 0 Å². The second kappa shape index (κ2) is 9.34. The van der Waals surface area contributed by atoms with Gasteiger partial charge in [-0.15, -0.1) is 0 Å². The standard InChI is InChI=1S/C22H24N4O2S/c1-14-8-10-16(11-9-14)13-25-21(27)19-18(23)20(29-26-19)22(28)24-12-15(2)17-6-4-3-5-7-17/h3-11,15H,12-13,23H2,1-2H3,(H,24,28)(H,25,27). The van der Waals surface area contributed by atoms with E-state index in [2.05, 4.69) is 15.0 Å². The molecule has 0 radical (unpaired) electrons. The molecule has 3 rings (SSSR count). The van der Waals surface area contributed by atoms with Crippen LogP contribution in [0.5, 0.6) is 0 Å². The number of carbonyl (C=O) groups is 2. The topological polar surface area (TPSA) is 97.1 Å². The van der Waals surface area contributed by atoms with Gasteiger partial charge in [0.05, 0.1) is 5.69 Å². The van der Waals surface area contributed by atoms with Crippen LogP contribution in [0.25, 0.3) is 0 Å². The summed E-state index contributed by atoms with van der Waals surface area (Å²) >= 11 is 0.936. The molecule has 0 spiro atoms. The van der Waals surface area contributed by atoms with Crippen LogP contribution in [0.4, 0.5) is 5.69 Å². The van der Waals surface area contributed by atoms with E-state index in [1.54, 1.807) is 0 Å². The average Bonchev–Trinajstić information content (AvgIpc) is 3.13. The van der Waals surface area contributed by atoms with Crippen molar-refractivity contribution in [1.82, 2.24) is 15.0 Å². The number of nitrogen functional groups attached to an aromatic ring is 1. The minimum absolute atomic E-state index is 0.0865. The van der Waals surface area contributed by atoms with Crippen LogP contribution < -0.4 is 16.4 Å². The van der Waals surface area contributed by atoms with Crippen LogP contribution in [0.2, 0.25) is 0 Å². The summed E-state index contributed by atoms with van der Waals surface area (Å²) in [5, 5.41) is 5.67. The SMILES string of the molecule is Cc1ccc(CNC(=O)c2nsc(C(=O)NCC(C)c3ccccc3)c2N)cc1. The summed E-state index contributed by atoms with van der Waals surface area (Å²) in [5.74, 6) is -0.553. The number of anilines is 1. The quantitative estimate of drug-likeness (QED) is 0.557. The molecule has 150 valence electrons. The molecule has 0 aliphatic rings. The highest BCUT2D eigenvalue weighted by Gasteiger charge is 2.22. The third-order valence-corrected chi connectivity index (χ3v) is 5.52. The normalized spacial score (nSPS) is 11.7. The van der Waals surface area contributed by atoms with Crippen molar-refractivity contribution in [3.8, 4) is 0 Å². The predicted octanol–water partition coefficient (Wildman–Crippen LogP) is 3.50. The molecule has 2 amide bonds. The van der Waals surface area contributed by atoms with Gasteiger partial charge in [0.15, 0.2) is 5.69 Å². The fourth-order valence-electron chi connectivity index (χ4n) is 2.82. The number of nitrogens with zero attached hydrogens (tertiary/aromatic N) is 1. The maximum absolute atomic E-state index is 12.5. The van der Waals surface area contributed by atoms with Gasteiger partial charge >= 0.3 is 0 Å². The van der Waals surface area contributed by atoms with E-state index in [0.717, 1.165) is 28.2 Å². The lowest BCUT2D eigenvalue weighted by molar-refractivity contribution is 0.0947. The van der Waals surface area contributed by atoms with Crippen molar-refractivity contribution < 1.29 is 9.59 Å². The van der Waals surface area contributed by atoms with E-state index in [1.807, 2.05) is 68.4 Å². The maximum Gasteiger partial charge on any atom is 0.273 e. The third-order valence-electron chi connectivity index (χ3n) is 4.66. The Balaban J connectivity index is 1.58. The van der Waals surface area contributed by atoms with Gasteiger partial charge in [-0.05, 0) is 35.5 Å². The largest absolute Gasteiger partial charge is 0.395 e. The van der Waals surface area contributed by atoms with Crippen LogP contribution in [0.1, 0.15) is 49.7 Å². The lowest BCUT2D eigenvalue weighted by Gasteiger charge is -2.12. The smallest absolute Gasteiger partial charge is 0.273 e. The molecule has 4 N–H and O–H groups in total. The third kappa shape index (κ3) is 5.20. The Kier molecular flexibility index (Phi) is 6.61. The Hall–Kier alpha value is -3.19. The summed E-state index contributed by atoms with van der Waals surface area (Å²) < 4.78 is 4.09. The number of hydrogen-bond donors (Lipinski definition) is 3. The Morgan fingerprint density at radius 2 is 1.72 bits per heavy atom. The summed E-state index contributed by atoms with van der Waals surface area (Å²) in [6, 6.07) is 17.8. The van der Waals surface area contributed by atoms with Crippen LogP contribution in [-0.2, 0) is 6.54 Å². The molecule has 1 aromatic heterocycles. The summed E-state index contributed by atoms with van der Waals surface area (Å²) in [6.07, 6.45) is 0. The monoisotopic (exact) mass is 408 g/mol. The fourth-order valence-corrected chi connectivity index (χ4v) is 3.54. The van der Waals surface area contributed by atoms with Crippen molar-refractivity contribution in [2.24, 2.45) is 0 Å². The molecular weight excluding hydrogens is 384 g/mol. The van der Waals surface area contributed by atoms with E-state index in [9.17, 15) is 9.59 Å². The first kappa shape index (κ1) is 20.5. The minimum atomic E-state index is -0.393. The molecule has 6 nitrogen and oxygen atoms in total. The molecule has 1 heterocycles. The predicted molar refractivity (Wildman–Crippen MR) is 116 cm³/mol. The maximum atomic E-state index is 12.5. The Bertz CT molecular complexity index is 984. The summed E-state index contributed by atoms with van der Waals surface area (Å²) in [7, 11) is 0. The number of nitrogens with one attached hydrogen (secondary N) is 2. The zero-order valence-corrected chi connectivity index (χ0v) is 17.3. The fraction of sp³-hybridized carbons (Fsp3) is 0.227. The molecule has 0 saturated carbocycles. The highest BCUT2D eigenvalue weighted by molar-refractivity contribution is 7.09. The lowest BCUT2D eigenvalue weighted by Crippen LogP contribution is -2.28. The van der Waals surface area contributed by atoms with Gasteiger partial charge in [-0.3, -0.25) is 9.59 Å². The number of aryl methyl sites for hydroxylation is 1. The van der Waals surface area contributed by atoms with Crippen LogP contribution in [0.15, 0.2) is 54.6 Å². The first-order valence-electron chi connectivity index (χ1n) is 9.37. The van der Waals surface area contributed by atoms with E-state index >= 15 is 0 Å². The van der Waals surface area contributed by atoms with Crippen LogP contribution in [-0.4, -0.2) is 22.7 Å². The van der Waals surface area contributed by atoms with Gasteiger partial charge in [0.2, 0.25) is 0 Å². The van der Waals surface area contributed by atoms with Gasteiger partial charge in [0.1, 0.15) is 4.88 Å². The molecule has 1 atom stereocenters. The van der Waals surface area contributed by atoms with Crippen molar-refractivity contribution in [3.63, 3.8) is 0 Å². The van der Waals surface area contributed by atoms with Gasteiger partial charge in [0, 0.05) is 13.1 Å².